The van der Waals surface area contributed by atoms with Crippen molar-refractivity contribution in [1.82, 2.24) is 4.98 Å². The van der Waals surface area contributed by atoms with Crippen molar-refractivity contribution < 1.29 is 9.90 Å². The van der Waals surface area contributed by atoms with Gasteiger partial charge in [-0.3, -0.25) is 0 Å². The Balaban J connectivity index is 2.37. The van der Waals surface area contributed by atoms with Gasteiger partial charge in [0, 0.05) is 20.0 Å². The van der Waals surface area contributed by atoms with E-state index in [1.54, 1.807) is 24.4 Å². The molecule has 0 saturated carbocycles. The summed E-state index contributed by atoms with van der Waals surface area (Å²) in [5.74, 6) is -0.956. The number of aromatic nitrogens is 1. The summed E-state index contributed by atoms with van der Waals surface area (Å²) in [5.41, 5.74) is 0.257. The number of nitrogens with zero attached hydrogens (tertiary/aromatic N) is 1. The molecule has 0 unspecified atom stereocenters. The topological polar surface area (TPSA) is 50.2 Å². The molecule has 2 rings (SSSR count). The zero-order valence-corrected chi connectivity index (χ0v) is 12.9. The molecule has 1 aromatic heterocycles. The van der Waals surface area contributed by atoms with Crippen LogP contribution < -0.4 is 0 Å². The van der Waals surface area contributed by atoms with E-state index in [0.29, 0.717) is 9.37 Å². The van der Waals surface area contributed by atoms with E-state index < -0.39 is 5.97 Å². The first-order valence-electron chi connectivity index (χ1n) is 4.89. The summed E-state index contributed by atoms with van der Waals surface area (Å²) in [5, 5.41) is 9.95. The minimum absolute atomic E-state index is 0.257. The van der Waals surface area contributed by atoms with Crippen LogP contribution in [0.4, 0.5) is 0 Å². The van der Waals surface area contributed by atoms with Crippen molar-refractivity contribution in [3.05, 3.63) is 51.0 Å². The van der Waals surface area contributed by atoms with Crippen LogP contribution in [0.2, 0.25) is 0 Å². The molecule has 1 N–H and O–H groups in total. The second-order valence-corrected chi connectivity index (χ2v) is 6.17. The van der Waals surface area contributed by atoms with Crippen LogP contribution in [-0.2, 0) is 0 Å². The van der Waals surface area contributed by atoms with E-state index in [1.807, 2.05) is 12.1 Å². The third-order valence-electron chi connectivity index (χ3n) is 2.10. The van der Waals surface area contributed by atoms with Crippen molar-refractivity contribution in [2.24, 2.45) is 0 Å². The molecule has 92 valence electrons. The molecule has 18 heavy (non-hydrogen) atoms. The molecular weight excluding hydrogens is 382 g/mol. The molecule has 0 amide bonds. The lowest BCUT2D eigenvalue weighted by atomic mass is 10.2. The Morgan fingerprint density at radius 3 is 2.61 bits per heavy atom. The summed E-state index contributed by atoms with van der Waals surface area (Å²) >= 11 is 7.88. The Morgan fingerprint density at radius 1 is 1.22 bits per heavy atom. The first-order chi connectivity index (χ1) is 8.58. The van der Waals surface area contributed by atoms with Crippen molar-refractivity contribution in [3.8, 4) is 0 Å². The van der Waals surface area contributed by atoms with Crippen molar-refractivity contribution in [1.29, 1.82) is 0 Å². The molecule has 0 aliphatic heterocycles. The number of carboxylic acid groups (broad SMARTS) is 1. The molecule has 6 heteroatoms. The second-order valence-electron chi connectivity index (χ2n) is 3.33. The van der Waals surface area contributed by atoms with Crippen LogP contribution in [0.15, 0.2) is 55.4 Å². The highest BCUT2D eigenvalue weighted by molar-refractivity contribution is 9.10. The molecule has 0 bridgehead atoms. The van der Waals surface area contributed by atoms with E-state index in [4.69, 9.17) is 0 Å². The Bertz CT molecular complexity index is 587. The standard InChI is InChI=1S/C12H7Br2NO2S/c13-7-4-5-10(15-6-7)18-9-3-1-2-8(14)11(9)12(16)17/h1-6H,(H,16,17). The van der Waals surface area contributed by atoms with Gasteiger partial charge >= 0.3 is 5.97 Å². The maximum atomic E-state index is 11.2. The van der Waals surface area contributed by atoms with Crippen LogP contribution in [0.3, 0.4) is 0 Å². The number of halogens is 2. The highest BCUT2D eigenvalue weighted by Crippen LogP contribution is 2.33. The number of benzene rings is 1. The number of rotatable bonds is 3. The maximum absolute atomic E-state index is 11.2. The SMILES string of the molecule is O=C(O)c1c(Br)cccc1Sc1ccc(Br)cn1. The van der Waals surface area contributed by atoms with Crippen LogP contribution in [0.1, 0.15) is 10.4 Å². The van der Waals surface area contributed by atoms with E-state index in [-0.39, 0.29) is 5.56 Å². The summed E-state index contributed by atoms with van der Waals surface area (Å²) in [7, 11) is 0. The molecule has 0 saturated heterocycles. The van der Waals surface area contributed by atoms with Gasteiger partial charge in [0.25, 0.3) is 0 Å². The van der Waals surface area contributed by atoms with Crippen LogP contribution in [0, 0.1) is 0 Å². The number of hydrogen-bond donors (Lipinski definition) is 1. The van der Waals surface area contributed by atoms with E-state index in [2.05, 4.69) is 36.8 Å². The molecule has 0 radical (unpaired) electrons. The smallest absolute Gasteiger partial charge is 0.338 e. The van der Waals surface area contributed by atoms with Crippen molar-refractivity contribution in [2.45, 2.75) is 9.92 Å². The van der Waals surface area contributed by atoms with E-state index in [9.17, 15) is 9.90 Å². The van der Waals surface area contributed by atoms with Gasteiger partial charge in [-0.1, -0.05) is 17.8 Å². The minimum atomic E-state index is -0.956. The lowest BCUT2D eigenvalue weighted by Gasteiger charge is -2.06. The number of carboxylic acids is 1. The zero-order chi connectivity index (χ0) is 13.1. The largest absolute Gasteiger partial charge is 0.478 e. The first kappa shape index (κ1) is 13.6. The molecule has 0 aliphatic carbocycles. The molecule has 3 nitrogen and oxygen atoms in total. The monoisotopic (exact) mass is 387 g/mol. The Kier molecular flexibility index (Phi) is 4.42. The molecule has 1 aromatic carbocycles. The van der Waals surface area contributed by atoms with Gasteiger partial charge in [0.2, 0.25) is 0 Å². The van der Waals surface area contributed by atoms with Gasteiger partial charge in [-0.05, 0) is 56.1 Å². The second kappa shape index (κ2) is 5.86. The maximum Gasteiger partial charge on any atom is 0.338 e. The van der Waals surface area contributed by atoms with Crippen LogP contribution in [0.5, 0.6) is 0 Å². The van der Waals surface area contributed by atoms with Crippen LogP contribution in [0.25, 0.3) is 0 Å². The van der Waals surface area contributed by atoms with Crippen molar-refractivity contribution >= 4 is 49.6 Å². The molecule has 0 aliphatic rings. The first-order valence-corrected chi connectivity index (χ1v) is 7.29. The lowest BCUT2D eigenvalue weighted by molar-refractivity contribution is 0.0692. The summed E-state index contributed by atoms with van der Waals surface area (Å²) in [6.07, 6.45) is 1.68. The normalized spacial score (nSPS) is 10.3. The molecule has 2 aromatic rings. The molecule has 0 spiro atoms. The summed E-state index contributed by atoms with van der Waals surface area (Å²) in [4.78, 5) is 16.1. The van der Waals surface area contributed by atoms with Crippen molar-refractivity contribution in [2.75, 3.05) is 0 Å². The van der Waals surface area contributed by atoms with E-state index in [1.165, 1.54) is 11.8 Å². The fourth-order valence-corrected chi connectivity index (χ4v) is 3.15. The number of pyridine rings is 1. The van der Waals surface area contributed by atoms with E-state index >= 15 is 0 Å². The minimum Gasteiger partial charge on any atom is -0.478 e. The molecule has 1 heterocycles. The Morgan fingerprint density at radius 2 is 2.00 bits per heavy atom. The third-order valence-corrected chi connectivity index (χ3v) is 4.24. The molecular formula is C12H7Br2NO2S. The lowest BCUT2D eigenvalue weighted by Crippen LogP contribution is -2.00. The van der Waals surface area contributed by atoms with Gasteiger partial charge in [0.15, 0.2) is 0 Å². The average Bonchev–Trinajstić information content (AvgIpc) is 2.32. The van der Waals surface area contributed by atoms with Gasteiger partial charge < -0.3 is 5.11 Å². The predicted octanol–water partition coefficient (Wildman–Crippen LogP) is 4.46. The van der Waals surface area contributed by atoms with E-state index in [0.717, 1.165) is 9.50 Å². The van der Waals surface area contributed by atoms with Crippen LogP contribution in [-0.4, -0.2) is 16.1 Å². The number of hydrogen-bond acceptors (Lipinski definition) is 3. The predicted molar refractivity (Wildman–Crippen MR) is 77.2 cm³/mol. The van der Waals surface area contributed by atoms with Gasteiger partial charge in [-0.25, -0.2) is 9.78 Å². The van der Waals surface area contributed by atoms with Crippen LogP contribution >= 0.6 is 43.6 Å². The van der Waals surface area contributed by atoms with Gasteiger partial charge in [0.05, 0.1) is 5.56 Å². The van der Waals surface area contributed by atoms with Crippen molar-refractivity contribution in [3.63, 3.8) is 0 Å². The fraction of sp³-hybridized carbons (Fsp3) is 0. The quantitative estimate of drug-likeness (QED) is 0.843. The van der Waals surface area contributed by atoms with Gasteiger partial charge in [0.1, 0.15) is 5.03 Å². The summed E-state index contributed by atoms with van der Waals surface area (Å²) in [6.45, 7) is 0. The summed E-state index contributed by atoms with van der Waals surface area (Å²) in [6, 6.07) is 8.98. The van der Waals surface area contributed by atoms with Gasteiger partial charge in [-0.15, -0.1) is 0 Å². The third kappa shape index (κ3) is 3.13. The highest BCUT2D eigenvalue weighted by Gasteiger charge is 2.15. The highest BCUT2D eigenvalue weighted by atomic mass is 79.9. The Labute approximate surface area is 125 Å². The average molecular weight is 389 g/mol. The number of carbonyl (C=O) groups is 1. The fourth-order valence-electron chi connectivity index (χ4n) is 1.33. The molecule has 0 atom stereocenters. The zero-order valence-electron chi connectivity index (χ0n) is 8.93. The number of aromatic carboxylic acids is 1. The Hall–Kier alpha value is -0.850. The summed E-state index contributed by atoms with van der Waals surface area (Å²) < 4.78 is 1.46. The molecule has 0 fully saturated rings. The van der Waals surface area contributed by atoms with Gasteiger partial charge in [-0.2, -0.15) is 0 Å².